The number of hydrogen-bond donors (Lipinski definition) is 0. The Morgan fingerprint density at radius 2 is 0.500 bits per heavy atom. The molecule has 0 aliphatic heterocycles. The standard InChI is InChI=1S/C56H44ClN3/c1-41-11-9-17-55(39-41)59(48-13-5-3-6-14-48)52-33-23-45(24-34-52)43-19-29-50(30-20-43)58(54-37-27-47(57)28-38-54)51-31-21-44(22-32-51)46-25-35-53(36-26-46)60(49-15-7-4-8-16-49)56-18-10-12-42(2)40-56/h3-40H,1-2H3. The number of nitrogens with zero attached hydrogens (tertiary/aromatic N) is 3. The Balaban J connectivity index is 0.983. The van der Waals surface area contributed by atoms with Gasteiger partial charge in [-0.1, -0.05) is 121 Å². The maximum absolute atomic E-state index is 6.38. The monoisotopic (exact) mass is 793 g/mol. The first kappa shape index (κ1) is 38.2. The van der Waals surface area contributed by atoms with E-state index in [4.69, 9.17) is 11.6 Å². The fourth-order valence-corrected chi connectivity index (χ4v) is 7.96. The van der Waals surface area contributed by atoms with Gasteiger partial charge in [-0.3, -0.25) is 0 Å². The summed E-state index contributed by atoms with van der Waals surface area (Å²) in [6.45, 7) is 4.27. The van der Waals surface area contributed by atoms with Crippen molar-refractivity contribution >= 4 is 62.8 Å². The Labute approximate surface area is 358 Å². The van der Waals surface area contributed by atoms with E-state index in [1.165, 1.54) is 11.1 Å². The highest BCUT2D eigenvalue weighted by Gasteiger charge is 2.16. The second kappa shape index (κ2) is 17.3. The highest BCUT2D eigenvalue weighted by atomic mass is 35.5. The molecular formula is C56H44ClN3. The number of para-hydroxylation sites is 2. The number of halogens is 1. The van der Waals surface area contributed by atoms with Crippen molar-refractivity contribution in [2.45, 2.75) is 13.8 Å². The van der Waals surface area contributed by atoms with Gasteiger partial charge in [0.25, 0.3) is 0 Å². The Morgan fingerprint density at radius 1 is 0.250 bits per heavy atom. The molecule has 0 saturated heterocycles. The number of rotatable bonds is 11. The smallest absolute Gasteiger partial charge is 0.0464 e. The lowest BCUT2D eigenvalue weighted by atomic mass is 10.0. The van der Waals surface area contributed by atoms with Gasteiger partial charge in [0, 0.05) is 56.2 Å². The van der Waals surface area contributed by atoms with Crippen LogP contribution in [0.1, 0.15) is 11.1 Å². The molecule has 9 rings (SSSR count). The second-order valence-corrected chi connectivity index (χ2v) is 15.5. The number of anilines is 9. The van der Waals surface area contributed by atoms with Crippen LogP contribution < -0.4 is 14.7 Å². The van der Waals surface area contributed by atoms with E-state index in [9.17, 15) is 0 Å². The zero-order valence-electron chi connectivity index (χ0n) is 33.7. The van der Waals surface area contributed by atoms with Gasteiger partial charge in [0.1, 0.15) is 0 Å². The molecule has 0 saturated carbocycles. The molecule has 0 heterocycles. The van der Waals surface area contributed by atoms with Gasteiger partial charge in [-0.25, -0.2) is 0 Å². The van der Waals surface area contributed by atoms with E-state index < -0.39 is 0 Å². The highest BCUT2D eigenvalue weighted by molar-refractivity contribution is 6.30. The molecular weight excluding hydrogens is 750 g/mol. The third-order valence-electron chi connectivity index (χ3n) is 10.8. The van der Waals surface area contributed by atoms with Crippen molar-refractivity contribution in [1.82, 2.24) is 0 Å². The molecule has 4 heteroatoms. The molecule has 0 bridgehead atoms. The summed E-state index contributed by atoms with van der Waals surface area (Å²) in [5.41, 5.74) is 16.9. The van der Waals surface area contributed by atoms with Crippen LogP contribution in [-0.2, 0) is 0 Å². The first-order chi connectivity index (χ1) is 29.5. The molecule has 0 aliphatic rings. The van der Waals surface area contributed by atoms with Gasteiger partial charge >= 0.3 is 0 Å². The molecule has 0 unspecified atom stereocenters. The van der Waals surface area contributed by atoms with Crippen molar-refractivity contribution in [3.63, 3.8) is 0 Å². The van der Waals surface area contributed by atoms with E-state index in [1.807, 2.05) is 12.1 Å². The summed E-state index contributed by atoms with van der Waals surface area (Å²) in [5, 5.41) is 0.706. The maximum atomic E-state index is 6.38. The summed E-state index contributed by atoms with van der Waals surface area (Å²) < 4.78 is 0. The highest BCUT2D eigenvalue weighted by Crippen LogP contribution is 2.40. The lowest BCUT2D eigenvalue weighted by Gasteiger charge is -2.27. The molecule has 0 aromatic heterocycles. The molecule has 290 valence electrons. The van der Waals surface area contributed by atoms with Crippen LogP contribution in [0.3, 0.4) is 0 Å². The van der Waals surface area contributed by atoms with Crippen molar-refractivity contribution in [3.05, 3.63) is 247 Å². The van der Waals surface area contributed by atoms with Crippen LogP contribution in [0.25, 0.3) is 22.3 Å². The van der Waals surface area contributed by atoms with E-state index >= 15 is 0 Å². The quantitative estimate of drug-likeness (QED) is 0.129. The Morgan fingerprint density at radius 3 is 0.800 bits per heavy atom. The third-order valence-corrected chi connectivity index (χ3v) is 11.1. The molecule has 0 fully saturated rings. The molecule has 0 atom stereocenters. The maximum Gasteiger partial charge on any atom is 0.0464 e. The molecule has 0 aliphatic carbocycles. The van der Waals surface area contributed by atoms with Gasteiger partial charge in [0.2, 0.25) is 0 Å². The van der Waals surface area contributed by atoms with Crippen molar-refractivity contribution in [2.75, 3.05) is 14.7 Å². The fourth-order valence-electron chi connectivity index (χ4n) is 7.83. The van der Waals surface area contributed by atoms with Gasteiger partial charge in [-0.15, -0.1) is 0 Å². The lowest BCUT2D eigenvalue weighted by Crippen LogP contribution is -2.10. The fraction of sp³-hybridized carbons (Fsp3) is 0.0357. The van der Waals surface area contributed by atoms with Crippen LogP contribution in [0.4, 0.5) is 51.2 Å². The summed E-state index contributed by atoms with van der Waals surface area (Å²) >= 11 is 6.38. The molecule has 0 amide bonds. The number of hydrogen-bond acceptors (Lipinski definition) is 3. The largest absolute Gasteiger partial charge is 0.311 e. The van der Waals surface area contributed by atoms with Crippen LogP contribution in [0.5, 0.6) is 0 Å². The predicted molar refractivity (Wildman–Crippen MR) is 256 cm³/mol. The minimum atomic E-state index is 0.706. The topological polar surface area (TPSA) is 9.72 Å². The van der Waals surface area contributed by atoms with Gasteiger partial charge < -0.3 is 14.7 Å². The van der Waals surface area contributed by atoms with E-state index in [-0.39, 0.29) is 0 Å². The first-order valence-electron chi connectivity index (χ1n) is 20.3. The first-order valence-corrected chi connectivity index (χ1v) is 20.7. The normalized spacial score (nSPS) is 10.9. The molecule has 0 spiro atoms. The lowest BCUT2D eigenvalue weighted by molar-refractivity contribution is 1.27. The second-order valence-electron chi connectivity index (χ2n) is 15.0. The summed E-state index contributed by atoms with van der Waals surface area (Å²) in [6, 6.07) is 81.6. The predicted octanol–water partition coefficient (Wildman–Crippen LogP) is 16.7. The van der Waals surface area contributed by atoms with Crippen LogP contribution in [0, 0.1) is 13.8 Å². The Hall–Kier alpha value is -7.33. The van der Waals surface area contributed by atoms with Crippen molar-refractivity contribution in [3.8, 4) is 22.3 Å². The number of benzene rings is 9. The average molecular weight is 794 g/mol. The van der Waals surface area contributed by atoms with Crippen molar-refractivity contribution in [1.29, 1.82) is 0 Å². The minimum Gasteiger partial charge on any atom is -0.311 e. The van der Waals surface area contributed by atoms with E-state index in [0.717, 1.165) is 73.4 Å². The third kappa shape index (κ3) is 8.31. The van der Waals surface area contributed by atoms with Crippen LogP contribution in [0.15, 0.2) is 231 Å². The summed E-state index contributed by atoms with van der Waals surface area (Å²) in [4.78, 5) is 6.88. The van der Waals surface area contributed by atoms with Crippen molar-refractivity contribution < 1.29 is 0 Å². The summed E-state index contributed by atoms with van der Waals surface area (Å²) in [5.74, 6) is 0. The van der Waals surface area contributed by atoms with Crippen LogP contribution in [-0.4, -0.2) is 0 Å². The molecule has 60 heavy (non-hydrogen) atoms. The summed E-state index contributed by atoms with van der Waals surface area (Å²) in [7, 11) is 0. The van der Waals surface area contributed by atoms with Crippen LogP contribution in [0.2, 0.25) is 5.02 Å². The number of aryl methyl sites for hydroxylation is 2. The molecule has 0 N–H and O–H groups in total. The van der Waals surface area contributed by atoms with Gasteiger partial charge in [0.05, 0.1) is 0 Å². The Bertz CT molecular complexity index is 2630. The van der Waals surface area contributed by atoms with Crippen LogP contribution >= 0.6 is 11.6 Å². The molecule has 9 aromatic rings. The average Bonchev–Trinajstić information content (AvgIpc) is 3.29. The summed E-state index contributed by atoms with van der Waals surface area (Å²) in [6.07, 6.45) is 0. The minimum absolute atomic E-state index is 0.706. The van der Waals surface area contributed by atoms with Gasteiger partial charge in [-0.2, -0.15) is 0 Å². The van der Waals surface area contributed by atoms with Gasteiger partial charge in [0.15, 0.2) is 0 Å². The van der Waals surface area contributed by atoms with E-state index in [1.54, 1.807) is 0 Å². The molecule has 0 radical (unpaired) electrons. The molecule has 9 aromatic carbocycles. The van der Waals surface area contributed by atoms with Crippen molar-refractivity contribution in [2.24, 2.45) is 0 Å². The zero-order valence-corrected chi connectivity index (χ0v) is 34.4. The molecule has 3 nitrogen and oxygen atoms in total. The Kier molecular flexibility index (Phi) is 11.0. The van der Waals surface area contributed by atoms with E-state index in [0.29, 0.717) is 5.02 Å². The van der Waals surface area contributed by atoms with Gasteiger partial charge in [-0.05, 0) is 169 Å². The van der Waals surface area contributed by atoms with E-state index in [2.05, 4.69) is 247 Å². The zero-order chi connectivity index (χ0) is 40.8. The SMILES string of the molecule is Cc1cccc(N(c2ccccc2)c2ccc(-c3ccc(N(c4ccc(Cl)cc4)c4ccc(-c5ccc(N(c6ccccc6)c6cccc(C)c6)cc5)cc4)cc3)cc2)c1.